The predicted molar refractivity (Wildman–Crippen MR) is 97.4 cm³/mol. The zero-order chi connectivity index (χ0) is 17.5. The molecule has 0 saturated heterocycles. The van der Waals surface area contributed by atoms with Gasteiger partial charge in [0, 0.05) is 5.56 Å². The number of allylic oxidation sites excluding steroid dienone is 3. The SMILES string of the molecule is C=CCc1cc(/C=C/C(=O)c2ccc(O)c(CC=C)c2)ccc1O. The lowest BCUT2D eigenvalue weighted by Gasteiger charge is -2.04. The molecule has 0 spiro atoms. The second kappa shape index (κ2) is 7.97. The van der Waals surface area contributed by atoms with Crippen molar-refractivity contribution in [1.82, 2.24) is 0 Å². The summed E-state index contributed by atoms with van der Waals surface area (Å²) >= 11 is 0. The maximum atomic E-state index is 12.3. The molecule has 0 atom stereocenters. The molecule has 2 aromatic rings. The van der Waals surface area contributed by atoms with Crippen molar-refractivity contribution in [1.29, 1.82) is 0 Å². The highest BCUT2D eigenvalue weighted by Gasteiger charge is 2.07. The minimum Gasteiger partial charge on any atom is -0.508 e. The summed E-state index contributed by atoms with van der Waals surface area (Å²) in [4.78, 5) is 12.3. The second-order valence-electron chi connectivity index (χ2n) is 5.41. The van der Waals surface area contributed by atoms with E-state index in [9.17, 15) is 15.0 Å². The number of phenolic OH excluding ortho intramolecular Hbond substituents is 2. The number of rotatable bonds is 7. The van der Waals surface area contributed by atoms with Crippen molar-refractivity contribution in [2.75, 3.05) is 0 Å². The van der Waals surface area contributed by atoms with Crippen molar-refractivity contribution < 1.29 is 15.0 Å². The summed E-state index contributed by atoms with van der Waals surface area (Å²) in [6, 6.07) is 9.94. The first-order chi connectivity index (χ1) is 11.5. The molecule has 2 N–H and O–H groups in total. The third-order valence-corrected chi connectivity index (χ3v) is 3.62. The smallest absolute Gasteiger partial charge is 0.185 e. The Morgan fingerprint density at radius 3 is 2.12 bits per heavy atom. The van der Waals surface area contributed by atoms with Crippen molar-refractivity contribution >= 4 is 11.9 Å². The number of aromatic hydroxyl groups is 2. The van der Waals surface area contributed by atoms with E-state index in [0.29, 0.717) is 24.0 Å². The van der Waals surface area contributed by atoms with Crippen molar-refractivity contribution in [3.8, 4) is 11.5 Å². The number of hydrogen-bond acceptors (Lipinski definition) is 3. The van der Waals surface area contributed by atoms with Crippen LogP contribution in [0, 0.1) is 0 Å². The standard InChI is InChI=1S/C21H20O3/c1-3-5-16-13-15(7-10-19(16)22)8-11-20(23)18-9-12-21(24)17(14-18)6-4-2/h3-4,7-14,22,24H,1-2,5-6H2/b11-8+. The van der Waals surface area contributed by atoms with Gasteiger partial charge in [-0.2, -0.15) is 0 Å². The molecule has 0 aromatic heterocycles. The van der Waals surface area contributed by atoms with Gasteiger partial charge in [0.15, 0.2) is 5.78 Å². The molecule has 0 bridgehead atoms. The zero-order valence-electron chi connectivity index (χ0n) is 13.4. The van der Waals surface area contributed by atoms with E-state index in [4.69, 9.17) is 0 Å². The third kappa shape index (κ3) is 4.23. The van der Waals surface area contributed by atoms with E-state index in [1.807, 2.05) is 6.07 Å². The van der Waals surface area contributed by atoms with Crippen LogP contribution in [0.2, 0.25) is 0 Å². The summed E-state index contributed by atoms with van der Waals surface area (Å²) < 4.78 is 0. The van der Waals surface area contributed by atoms with E-state index in [1.54, 1.807) is 42.5 Å². The monoisotopic (exact) mass is 320 g/mol. The van der Waals surface area contributed by atoms with Gasteiger partial charge in [-0.25, -0.2) is 0 Å². The quantitative estimate of drug-likeness (QED) is 0.450. The first-order valence-electron chi connectivity index (χ1n) is 7.63. The van der Waals surface area contributed by atoms with Crippen LogP contribution in [0.3, 0.4) is 0 Å². The largest absolute Gasteiger partial charge is 0.508 e. The molecule has 0 unspecified atom stereocenters. The van der Waals surface area contributed by atoms with Gasteiger partial charge in [-0.05, 0) is 65.9 Å². The van der Waals surface area contributed by atoms with Crippen molar-refractivity contribution in [3.05, 3.63) is 90.0 Å². The van der Waals surface area contributed by atoms with Gasteiger partial charge in [0.25, 0.3) is 0 Å². The molecule has 3 heteroatoms. The number of benzene rings is 2. The molecule has 0 aliphatic carbocycles. The molecular formula is C21H20O3. The van der Waals surface area contributed by atoms with E-state index >= 15 is 0 Å². The van der Waals surface area contributed by atoms with Gasteiger partial charge in [0.2, 0.25) is 0 Å². The van der Waals surface area contributed by atoms with Crippen molar-refractivity contribution in [3.63, 3.8) is 0 Å². The molecule has 122 valence electrons. The topological polar surface area (TPSA) is 57.5 Å². The van der Waals surface area contributed by atoms with E-state index in [1.165, 1.54) is 12.1 Å². The van der Waals surface area contributed by atoms with Gasteiger partial charge in [-0.3, -0.25) is 4.79 Å². The molecule has 24 heavy (non-hydrogen) atoms. The zero-order valence-corrected chi connectivity index (χ0v) is 13.4. The molecule has 0 heterocycles. The fourth-order valence-electron chi connectivity index (χ4n) is 2.35. The van der Waals surface area contributed by atoms with Gasteiger partial charge in [0.05, 0.1) is 0 Å². The minimum atomic E-state index is -0.154. The lowest BCUT2D eigenvalue weighted by atomic mass is 10.0. The van der Waals surface area contributed by atoms with E-state index in [2.05, 4.69) is 13.2 Å². The molecule has 0 saturated carbocycles. The summed E-state index contributed by atoms with van der Waals surface area (Å²) in [6.07, 6.45) is 7.63. The van der Waals surface area contributed by atoms with Gasteiger partial charge >= 0.3 is 0 Å². The third-order valence-electron chi connectivity index (χ3n) is 3.62. The van der Waals surface area contributed by atoms with Crippen LogP contribution >= 0.6 is 0 Å². The van der Waals surface area contributed by atoms with Crippen LogP contribution in [-0.4, -0.2) is 16.0 Å². The molecule has 0 aliphatic heterocycles. The first-order valence-corrected chi connectivity index (χ1v) is 7.63. The van der Waals surface area contributed by atoms with Gasteiger partial charge in [0.1, 0.15) is 11.5 Å². The van der Waals surface area contributed by atoms with Crippen LogP contribution in [-0.2, 0) is 12.8 Å². The minimum absolute atomic E-state index is 0.154. The Morgan fingerprint density at radius 1 is 0.917 bits per heavy atom. The molecule has 2 rings (SSSR count). The number of hydrogen-bond donors (Lipinski definition) is 2. The van der Waals surface area contributed by atoms with Crippen LogP contribution in [0.25, 0.3) is 6.08 Å². The average molecular weight is 320 g/mol. The highest BCUT2D eigenvalue weighted by Crippen LogP contribution is 2.22. The van der Waals surface area contributed by atoms with E-state index < -0.39 is 0 Å². The van der Waals surface area contributed by atoms with Gasteiger partial charge in [-0.15, -0.1) is 13.2 Å². The van der Waals surface area contributed by atoms with Gasteiger partial charge < -0.3 is 10.2 Å². The Balaban J connectivity index is 2.21. The summed E-state index contributed by atoms with van der Waals surface area (Å²) in [7, 11) is 0. The lowest BCUT2D eigenvalue weighted by molar-refractivity contribution is 0.104. The van der Waals surface area contributed by atoms with Gasteiger partial charge in [-0.1, -0.05) is 24.3 Å². The Morgan fingerprint density at radius 2 is 1.50 bits per heavy atom. The van der Waals surface area contributed by atoms with E-state index in [-0.39, 0.29) is 17.3 Å². The molecule has 2 aromatic carbocycles. The highest BCUT2D eigenvalue weighted by molar-refractivity contribution is 6.07. The number of ketones is 1. The Hall–Kier alpha value is -3.07. The maximum absolute atomic E-state index is 12.3. The molecule has 3 nitrogen and oxygen atoms in total. The predicted octanol–water partition coefficient (Wildman–Crippen LogP) is 4.45. The fraction of sp³-hybridized carbons (Fsp3) is 0.0952. The highest BCUT2D eigenvalue weighted by atomic mass is 16.3. The van der Waals surface area contributed by atoms with Crippen molar-refractivity contribution in [2.45, 2.75) is 12.8 Å². The molecule has 0 radical (unpaired) electrons. The van der Waals surface area contributed by atoms with Crippen LogP contribution < -0.4 is 0 Å². The molecule has 0 aliphatic rings. The Labute approximate surface area is 141 Å². The average Bonchev–Trinajstić information content (AvgIpc) is 2.57. The fourth-order valence-corrected chi connectivity index (χ4v) is 2.35. The summed E-state index contributed by atoms with van der Waals surface area (Å²) in [6.45, 7) is 7.30. The van der Waals surface area contributed by atoms with Crippen molar-refractivity contribution in [2.24, 2.45) is 0 Å². The number of carbonyl (C=O) groups excluding carboxylic acids is 1. The molecule has 0 amide bonds. The Kier molecular flexibility index (Phi) is 5.74. The van der Waals surface area contributed by atoms with Crippen LogP contribution in [0.1, 0.15) is 27.0 Å². The molecular weight excluding hydrogens is 300 g/mol. The first kappa shape index (κ1) is 17.3. The second-order valence-corrected chi connectivity index (χ2v) is 5.41. The van der Waals surface area contributed by atoms with Crippen LogP contribution in [0.15, 0.2) is 67.8 Å². The number of phenols is 2. The maximum Gasteiger partial charge on any atom is 0.185 e. The molecule has 0 fully saturated rings. The summed E-state index contributed by atoms with van der Waals surface area (Å²) in [5, 5.41) is 19.5. The lowest BCUT2D eigenvalue weighted by Crippen LogP contribution is -1.96. The van der Waals surface area contributed by atoms with Crippen LogP contribution in [0.4, 0.5) is 0 Å². The number of carbonyl (C=O) groups is 1. The van der Waals surface area contributed by atoms with Crippen LogP contribution in [0.5, 0.6) is 11.5 Å². The summed E-state index contributed by atoms with van der Waals surface area (Å²) in [5.74, 6) is 0.215. The summed E-state index contributed by atoms with van der Waals surface area (Å²) in [5.41, 5.74) is 2.76. The normalized spacial score (nSPS) is 10.7. The van der Waals surface area contributed by atoms with E-state index in [0.717, 1.165) is 11.1 Å². The Bertz CT molecular complexity index is 801.